The lowest BCUT2D eigenvalue weighted by atomic mass is 9.74. The maximum atomic E-state index is 12.5. The number of aryl methyl sites for hydroxylation is 1. The molecule has 0 atom stereocenters. The first-order valence-electron chi connectivity index (χ1n) is 6.27. The van der Waals surface area contributed by atoms with Crippen molar-refractivity contribution in [2.45, 2.75) is 38.1 Å². The van der Waals surface area contributed by atoms with Gasteiger partial charge in [0.2, 0.25) is 0 Å². The Labute approximate surface area is 121 Å². The van der Waals surface area contributed by atoms with Crippen LogP contribution in [0.1, 0.15) is 37.0 Å². The van der Waals surface area contributed by atoms with Gasteiger partial charge in [0, 0.05) is 5.56 Å². The Bertz CT molecular complexity index is 701. The summed E-state index contributed by atoms with van der Waals surface area (Å²) >= 11 is 0. The molecule has 0 fully saturated rings. The second kappa shape index (κ2) is 4.76. The largest absolute Gasteiger partial charge is 0.534 e. The zero-order valence-electron chi connectivity index (χ0n) is 11.8. The molecule has 21 heavy (non-hydrogen) atoms. The lowest BCUT2D eigenvalue weighted by molar-refractivity contribution is -0.0509. The predicted octanol–water partition coefficient (Wildman–Crippen LogP) is 3.88. The van der Waals surface area contributed by atoms with Crippen LogP contribution in [0.25, 0.3) is 5.76 Å². The van der Waals surface area contributed by atoms with Crippen molar-refractivity contribution in [3.63, 3.8) is 0 Å². The molecule has 0 saturated heterocycles. The first-order valence-corrected chi connectivity index (χ1v) is 7.68. The minimum Gasteiger partial charge on any atom is -0.376 e. The van der Waals surface area contributed by atoms with E-state index in [2.05, 4.69) is 4.18 Å². The molecular formula is C14H15F3O3S. The molecule has 0 unspecified atom stereocenters. The van der Waals surface area contributed by atoms with Crippen LogP contribution in [0.15, 0.2) is 24.3 Å². The molecule has 0 heterocycles. The van der Waals surface area contributed by atoms with Gasteiger partial charge in [0.05, 0.1) is 0 Å². The molecule has 0 amide bonds. The highest BCUT2D eigenvalue weighted by Crippen LogP contribution is 2.42. The predicted molar refractivity (Wildman–Crippen MR) is 72.9 cm³/mol. The highest BCUT2D eigenvalue weighted by atomic mass is 32.2. The highest BCUT2D eigenvalue weighted by molar-refractivity contribution is 7.87. The average molecular weight is 320 g/mol. The SMILES string of the molecule is Cc1cccc2c1C(OS(=O)(=O)C(F)(F)F)=CCC2(C)C. The van der Waals surface area contributed by atoms with Crippen molar-refractivity contribution in [2.75, 3.05) is 0 Å². The van der Waals surface area contributed by atoms with E-state index in [1.165, 1.54) is 6.08 Å². The van der Waals surface area contributed by atoms with Gasteiger partial charge in [0.25, 0.3) is 0 Å². The molecule has 1 aliphatic rings. The Morgan fingerprint density at radius 1 is 1.24 bits per heavy atom. The van der Waals surface area contributed by atoms with Gasteiger partial charge in [-0.15, -0.1) is 0 Å². The molecule has 2 rings (SSSR count). The molecule has 1 aromatic carbocycles. The number of fused-ring (bicyclic) bond motifs is 1. The first kappa shape index (κ1) is 15.9. The van der Waals surface area contributed by atoms with Crippen molar-refractivity contribution >= 4 is 15.9 Å². The molecule has 0 aromatic heterocycles. The number of allylic oxidation sites excluding steroid dienone is 1. The number of hydrogen-bond acceptors (Lipinski definition) is 3. The van der Waals surface area contributed by atoms with Gasteiger partial charge in [0.1, 0.15) is 5.76 Å². The Balaban J connectivity index is 2.53. The van der Waals surface area contributed by atoms with Crippen molar-refractivity contribution in [3.8, 4) is 0 Å². The highest BCUT2D eigenvalue weighted by Gasteiger charge is 2.49. The molecule has 3 nitrogen and oxygen atoms in total. The van der Waals surface area contributed by atoms with Crippen LogP contribution in [-0.4, -0.2) is 13.9 Å². The minimum atomic E-state index is -5.66. The monoisotopic (exact) mass is 320 g/mol. The topological polar surface area (TPSA) is 43.4 Å². The molecule has 116 valence electrons. The van der Waals surface area contributed by atoms with E-state index >= 15 is 0 Å². The number of hydrogen-bond donors (Lipinski definition) is 0. The zero-order valence-corrected chi connectivity index (χ0v) is 12.6. The van der Waals surface area contributed by atoms with Crippen LogP contribution in [0.3, 0.4) is 0 Å². The van der Waals surface area contributed by atoms with Gasteiger partial charge in [-0.2, -0.15) is 21.6 Å². The van der Waals surface area contributed by atoms with Gasteiger partial charge in [-0.1, -0.05) is 32.0 Å². The van der Waals surface area contributed by atoms with E-state index in [9.17, 15) is 21.6 Å². The summed E-state index contributed by atoms with van der Waals surface area (Å²) in [5.41, 5.74) is -3.87. The lowest BCUT2D eigenvalue weighted by Crippen LogP contribution is -2.28. The molecule has 0 aliphatic heterocycles. The van der Waals surface area contributed by atoms with E-state index in [0.717, 1.165) is 5.56 Å². The van der Waals surface area contributed by atoms with Gasteiger partial charge in [-0.25, -0.2) is 0 Å². The molecule has 1 aromatic rings. The number of benzene rings is 1. The van der Waals surface area contributed by atoms with E-state index in [1.807, 2.05) is 13.8 Å². The smallest absolute Gasteiger partial charge is 0.376 e. The fraction of sp³-hybridized carbons (Fsp3) is 0.429. The summed E-state index contributed by atoms with van der Waals surface area (Å²) in [4.78, 5) is 0. The third-order valence-electron chi connectivity index (χ3n) is 3.53. The Morgan fingerprint density at radius 2 is 1.86 bits per heavy atom. The number of halogens is 3. The van der Waals surface area contributed by atoms with Crippen molar-refractivity contribution in [3.05, 3.63) is 41.0 Å². The van der Waals surface area contributed by atoms with E-state index in [0.29, 0.717) is 17.5 Å². The standard InChI is InChI=1S/C14H15F3O3S/c1-9-5-4-6-10-12(9)11(7-8-13(10,2)3)20-21(18,19)14(15,16)17/h4-7H,8H2,1-3H3. The van der Waals surface area contributed by atoms with Crippen LogP contribution in [0, 0.1) is 6.92 Å². The Kier molecular flexibility index (Phi) is 3.60. The Hall–Kier alpha value is -1.50. The number of alkyl halides is 3. The van der Waals surface area contributed by atoms with Gasteiger partial charge >= 0.3 is 15.6 Å². The van der Waals surface area contributed by atoms with Gasteiger partial charge in [-0.05, 0) is 36.0 Å². The quantitative estimate of drug-likeness (QED) is 0.613. The van der Waals surface area contributed by atoms with Crippen LogP contribution >= 0.6 is 0 Å². The van der Waals surface area contributed by atoms with E-state index < -0.39 is 15.6 Å². The van der Waals surface area contributed by atoms with Crippen LogP contribution < -0.4 is 0 Å². The second-order valence-corrected chi connectivity index (χ2v) is 7.17. The van der Waals surface area contributed by atoms with E-state index in [-0.39, 0.29) is 11.2 Å². The first-order chi connectivity index (χ1) is 9.46. The van der Waals surface area contributed by atoms with Crippen molar-refractivity contribution in [1.29, 1.82) is 0 Å². The Morgan fingerprint density at radius 3 is 2.43 bits per heavy atom. The third-order valence-corrected chi connectivity index (χ3v) is 4.49. The van der Waals surface area contributed by atoms with Crippen molar-refractivity contribution in [1.82, 2.24) is 0 Å². The van der Waals surface area contributed by atoms with Gasteiger partial charge in [0.15, 0.2) is 0 Å². The van der Waals surface area contributed by atoms with Crippen LogP contribution in [0.2, 0.25) is 0 Å². The van der Waals surface area contributed by atoms with Crippen molar-refractivity contribution < 1.29 is 25.8 Å². The second-order valence-electron chi connectivity index (χ2n) is 5.64. The molecular weight excluding hydrogens is 305 g/mol. The summed E-state index contributed by atoms with van der Waals surface area (Å²) in [5.74, 6) is -0.250. The van der Waals surface area contributed by atoms with Crippen molar-refractivity contribution in [2.24, 2.45) is 0 Å². The summed E-state index contributed by atoms with van der Waals surface area (Å²) in [6, 6.07) is 5.27. The van der Waals surface area contributed by atoms with Gasteiger partial charge < -0.3 is 4.18 Å². The number of rotatable bonds is 2. The maximum absolute atomic E-state index is 12.5. The van der Waals surface area contributed by atoms with Crippen LogP contribution in [-0.2, 0) is 19.7 Å². The van der Waals surface area contributed by atoms with E-state index in [1.54, 1.807) is 25.1 Å². The molecule has 0 spiro atoms. The molecule has 0 radical (unpaired) electrons. The molecule has 0 saturated carbocycles. The summed E-state index contributed by atoms with van der Waals surface area (Å²) in [6.45, 7) is 5.59. The third kappa shape index (κ3) is 2.79. The normalized spacial score (nSPS) is 17.9. The lowest BCUT2D eigenvalue weighted by Gasteiger charge is -2.32. The van der Waals surface area contributed by atoms with Gasteiger partial charge in [-0.3, -0.25) is 0 Å². The fourth-order valence-corrected chi connectivity index (χ4v) is 2.84. The summed E-state index contributed by atoms with van der Waals surface area (Å²) in [7, 11) is -5.66. The summed E-state index contributed by atoms with van der Waals surface area (Å²) in [5, 5.41) is 0. The minimum absolute atomic E-state index is 0.250. The van der Waals surface area contributed by atoms with Crippen LogP contribution in [0.5, 0.6) is 0 Å². The maximum Gasteiger partial charge on any atom is 0.534 e. The molecule has 0 bridgehead atoms. The molecule has 1 aliphatic carbocycles. The summed E-state index contributed by atoms with van der Waals surface area (Å²) < 4.78 is 64.2. The molecule has 0 N–H and O–H groups in total. The average Bonchev–Trinajstić information content (AvgIpc) is 2.32. The van der Waals surface area contributed by atoms with Crippen LogP contribution in [0.4, 0.5) is 13.2 Å². The summed E-state index contributed by atoms with van der Waals surface area (Å²) in [6.07, 6.45) is 1.80. The zero-order chi connectivity index (χ0) is 16.1. The molecule has 7 heteroatoms. The van der Waals surface area contributed by atoms with E-state index in [4.69, 9.17) is 0 Å². The fourth-order valence-electron chi connectivity index (χ4n) is 2.36.